The highest BCUT2D eigenvalue weighted by atomic mass is 16.5. The summed E-state index contributed by atoms with van der Waals surface area (Å²) < 4.78 is 10.6. The fraction of sp³-hybridized carbons (Fsp3) is 0.588. The van der Waals surface area contributed by atoms with Crippen LogP contribution in [0.5, 0.6) is 11.5 Å². The summed E-state index contributed by atoms with van der Waals surface area (Å²) in [5.74, 6) is 2.95. The van der Waals surface area contributed by atoms with Crippen molar-refractivity contribution >= 4 is 5.96 Å². The number of aliphatic imine (C=N–C) groups is 1. The van der Waals surface area contributed by atoms with Gasteiger partial charge in [-0.05, 0) is 37.0 Å². The molecule has 124 valence electrons. The van der Waals surface area contributed by atoms with Crippen LogP contribution in [0, 0.1) is 5.92 Å². The normalized spacial score (nSPS) is 11.5. The number of benzene rings is 1. The van der Waals surface area contributed by atoms with E-state index in [-0.39, 0.29) is 0 Å². The van der Waals surface area contributed by atoms with Crippen LogP contribution in [0.3, 0.4) is 0 Å². The number of hydrogen-bond donors (Lipinski definition) is 2. The van der Waals surface area contributed by atoms with Crippen LogP contribution in [-0.2, 0) is 6.42 Å². The van der Waals surface area contributed by atoms with E-state index in [0.29, 0.717) is 5.92 Å². The lowest BCUT2D eigenvalue weighted by atomic mass is 10.1. The molecule has 22 heavy (non-hydrogen) atoms. The van der Waals surface area contributed by atoms with Gasteiger partial charge in [0.15, 0.2) is 17.5 Å². The molecule has 0 aliphatic carbocycles. The first-order chi connectivity index (χ1) is 10.6. The number of guanidine groups is 1. The Bertz CT molecular complexity index is 473. The number of ether oxygens (including phenoxy) is 2. The second kappa shape index (κ2) is 9.92. The van der Waals surface area contributed by atoms with Gasteiger partial charge in [-0.15, -0.1) is 0 Å². The lowest BCUT2D eigenvalue weighted by Gasteiger charge is -2.13. The average molecular weight is 307 g/mol. The van der Waals surface area contributed by atoms with E-state index in [1.807, 2.05) is 12.1 Å². The Hall–Kier alpha value is -1.91. The Morgan fingerprint density at radius 2 is 1.86 bits per heavy atom. The molecule has 0 spiro atoms. The van der Waals surface area contributed by atoms with Gasteiger partial charge >= 0.3 is 0 Å². The molecular formula is C17H29N3O2. The maximum Gasteiger partial charge on any atom is 0.191 e. The van der Waals surface area contributed by atoms with E-state index in [0.717, 1.165) is 43.5 Å². The summed E-state index contributed by atoms with van der Waals surface area (Å²) >= 11 is 0. The van der Waals surface area contributed by atoms with E-state index in [9.17, 15) is 0 Å². The molecule has 0 aliphatic rings. The standard InChI is InChI=1S/C17H29N3O2/c1-6-18-17(20-12-13(2)3)19-10-9-14-7-8-15(21-4)16(11-14)22-5/h7-8,11,13H,6,9-10,12H2,1-5H3,(H2,18,19,20). The lowest BCUT2D eigenvalue weighted by Crippen LogP contribution is -2.38. The van der Waals surface area contributed by atoms with Crippen LogP contribution in [0.2, 0.25) is 0 Å². The maximum absolute atomic E-state index is 5.33. The van der Waals surface area contributed by atoms with Crippen molar-refractivity contribution < 1.29 is 9.47 Å². The lowest BCUT2D eigenvalue weighted by molar-refractivity contribution is 0.354. The SMILES string of the molecule is CCNC(=NCC(C)C)NCCc1ccc(OC)c(OC)c1. The van der Waals surface area contributed by atoms with Gasteiger partial charge in [0.1, 0.15) is 0 Å². The second-order valence-corrected chi connectivity index (χ2v) is 5.48. The summed E-state index contributed by atoms with van der Waals surface area (Å²) in [5, 5.41) is 6.62. The molecule has 5 nitrogen and oxygen atoms in total. The molecule has 0 unspecified atom stereocenters. The van der Waals surface area contributed by atoms with Crippen LogP contribution in [0.4, 0.5) is 0 Å². The molecule has 0 radical (unpaired) electrons. The van der Waals surface area contributed by atoms with Crippen LogP contribution in [0.1, 0.15) is 26.3 Å². The molecular weight excluding hydrogens is 278 g/mol. The van der Waals surface area contributed by atoms with Crippen molar-refractivity contribution in [3.63, 3.8) is 0 Å². The summed E-state index contributed by atoms with van der Waals surface area (Å²) in [6, 6.07) is 6.01. The smallest absolute Gasteiger partial charge is 0.191 e. The van der Waals surface area contributed by atoms with Crippen molar-refractivity contribution in [2.24, 2.45) is 10.9 Å². The van der Waals surface area contributed by atoms with Crippen molar-refractivity contribution in [2.45, 2.75) is 27.2 Å². The Morgan fingerprint density at radius 1 is 1.14 bits per heavy atom. The summed E-state index contributed by atoms with van der Waals surface area (Å²) in [7, 11) is 3.30. The zero-order valence-electron chi connectivity index (χ0n) is 14.4. The first kappa shape index (κ1) is 18.1. The van der Waals surface area contributed by atoms with Gasteiger partial charge in [0.25, 0.3) is 0 Å². The van der Waals surface area contributed by atoms with Crippen LogP contribution in [0.25, 0.3) is 0 Å². The van der Waals surface area contributed by atoms with E-state index in [2.05, 4.69) is 42.5 Å². The molecule has 0 heterocycles. The largest absolute Gasteiger partial charge is 0.493 e. The predicted octanol–water partition coefficient (Wildman–Crippen LogP) is 2.46. The highest BCUT2D eigenvalue weighted by molar-refractivity contribution is 5.79. The third-order valence-electron chi connectivity index (χ3n) is 3.11. The van der Waals surface area contributed by atoms with Crippen LogP contribution in [0.15, 0.2) is 23.2 Å². The van der Waals surface area contributed by atoms with E-state index in [1.165, 1.54) is 5.56 Å². The molecule has 2 N–H and O–H groups in total. The fourth-order valence-electron chi connectivity index (χ4n) is 1.98. The zero-order chi connectivity index (χ0) is 16.4. The van der Waals surface area contributed by atoms with Crippen molar-refractivity contribution in [3.05, 3.63) is 23.8 Å². The summed E-state index contributed by atoms with van der Waals surface area (Å²) in [4.78, 5) is 4.55. The van der Waals surface area contributed by atoms with Crippen molar-refractivity contribution in [1.29, 1.82) is 0 Å². The molecule has 5 heteroatoms. The Kier molecular flexibility index (Phi) is 8.18. The quantitative estimate of drug-likeness (QED) is 0.572. The van der Waals surface area contributed by atoms with Crippen molar-refractivity contribution in [1.82, 2.24) is 10.6 Å². The van der Waals surface area contributed by atoms with Crippen LogP contribution in [-0.4, -0.2) is 39.8 Å². The van der Waals surface area contributed by atoms with Crippen LogP contribution < -0.4 is 20.1 Å². The average Bonchev–Trinajstić information content (AvgIpc) is 2.52. The first-order valence-electron chi connectivity index (χ1n) is 7.83. The maximum atomic E-state index is 5.33. The Morgan fingerprint density at radius 3 is 2.45 bits per heavy atom. The van der Waals surface area contributed by atoms with Gasteiger partial charge in [-0.1, -0.05) is 19.9 Å². The van der Waals surface area contributed by atoms with Crippen molar-refractivity contribution in [3.8, 4) is 11.5 Å². The molecule has 1 aromatic rings. The van der Waals surface area contributed by atoms with E-state index < -0.39 is 0 Å². The molecule has 0 atom stereocenters. The van der Waals surface area contributed by atoms with Gasteiger partial charge in [-0.25, -0.2) is 0 Å². The molecule has 0 saturated heterocycles. The van der Waals surface area contributed by atoms with Crippen molar-refractivity contribution in [2.75, 3.05) is 33.9 Å². The molecule has 0 amide bonds. The van der Waals surface area contributed by atoms with Gasteiger partial charge in [-0.2, -0.15) is 0 Å². The van der Waals surface area contributed by atoms with Crippen LogP contribution >= 0.6 is 0 Å². The molecule has 1 rings (SSSR count). The highest BCUT2D eigenvalue weighted by Crippen LogP contribution is 2.27. The van der Waals surface area contributed by atoms with Gasteiger partial charge < -0.3 is 20.1 Å². The van der Waals surface area contributed by atoms with E-state index >= 15 is 0 Å². The summed E-state index contributed by atoms with van der Waals surface area (Å²) in [6.45, 7) is 8.90. The third kappa shape index (κ3) is 6.24. The molecule has 1 aromatic carbocycles. The minimum absolute atomic E-state index is 0.557. The second-order valence-electron chi connectivity index (χ2n) is 5.48. The van der Waals surface area contributed by atoms with Gasteiger partial charge in [-0.3, -0.25) is 4.99 Å². The molecule has 0 bridgehead atoms. The van der Waals surface area contributed by atoms with Gasteiger partial charge in [0.2, 0.25) is 0 Å². The topological polar surface area (TPSA) is 54.9 Å². The molecule has 0 aliphatic heterocycles. The number of nitrogens with zero attached hydrogens (tertiary/aromatic N) is 1. The van der Waals surface area contributed by atoms with Gasteiger partial charge in [0, 0.05) is 19.6 Å². The minimum atomic E-state index is 0.557. The Balaban J connectivity index is 2.55. The highest BCUT2D eigenvalue weighted by Gasteiger charge is 2.05. The number of hydrogen-bond acceptors (Lipinski definition) is 3. The first-order valence-corrected chi connectivity index (χ1v) is 7.83. The molecule has 0 fully saturated rings. The van der Waals surface area contributed by atoms with Gasteiger partial charge in [0.05, 0.1) is 14.2 Å². The number of nitrogens with one attached hydrogen (secondary N) is 2. The third-order valence-corrected chi connectivity index (χ3v) is 3.11. The number of methoxy groups -OCH3 is 2. The van der Waals surface area contributed by atoms with E-state index in [4.69, 9.17) is 9.47 Å². The zero-order valence-corrected chi connectivity index (χ0v) is 14.4. The minimum Gasteiger partial charge on any atom is -0.493 e. The fourth-order valence-corrected chi connectivity index (χ4v) is 1.98. The number of rotatable bonds is 8. The van der Waals surface area contributed by atoms with E-state index in [1.54, 1.807) is 14.2 Å². The summed E-state index contributed by atoms with van der Waals surface area (Å²) in [6.07, 6.45) is 0.895. The molecule has 0 aromatic heterocycles. The predicted molar refractivity (Wildman–Crippen MR) is 92.1 cm³/mol. The Labute approximate surface area is 134 Å². The summed E-state index contributed by atoms with van der Waals surface area (Å²) in [5.41, 5.74) is 1.20. The molecule has 0 saturated carbocycles. The monoisotopic (exact) mass is 307 g/mol.